The topological polar surface area (TPSA) is 84.9 Å². The number of nitrogens with zero attached hydrogens (tertiary/aromatic N) is 1. The Kier molecular flexibility index (Phi) is 5.28. The first-order chi connectivity index (χ1) is 12.0. The number of allylic oxidation sites excluding steroid dienone is 1. The molecule has 1 aromatic rings. The van der Waals surface area contributed by atoms with E-state index in [1.54, 1.807) is 46.8 Å². The highest BCUT2D eigenvalue weighted by molar-refractivity contribution is 7.97. The predicted octanol–water partition coefficient (Wildman–Crippen LogP) is 2.52. The SMILES string of the molecule is CCN1c2cc(OC)c(OC)cc2C(C)=C(C(=O)NC(C)(C)C)S1(=O)=O. The van der Waals surface area contributed by atoms with Crippen LogP contribution in [-0.2, 0) is 14.8 Å². The summed E-state index contributed by atoms with van der Waals surface area (Å²) in [5, 5.41) is 2.74. The van der Waals surface area contributed by atoms with Crippen molar-refractivity contribution >= 4 is 27.2 Å². The van der Waals surface area contributed by atoms with E-state index < -0.39 is 21.5 Å². The zero-order chi connectivity index (χ0) is 19.9. The third-order valence-corrected chi connectivity index (χ3v) is 6.09. The lowest BCUT2D eigenvalue weighted by Crippen LogP contribution is -2.46. The quantitative estimate of drug-likeness (QED) is 0.865. The molecule has 0 bridgehead atoms. The van der Waals surface area contributed by atoms with Gasteiger partial charge in [0.25, 0.3) is 15.9 Å². The molecule has 1 N–H and O–H groups in total. The van der Waals surface area contributed by atoms with Crippen molar-refractivity contribution in [3.8, 4) is 11.5 Å². The Labute approximate surface area is 155 Å². The molecular formula is C18H26N2O5S. The summed E-state index contributed by atoms with van der Waals surface area (Å²) in [5.74, 6) is 0.278. The van der Waals surface area contributed by atoms with E-state index in [0.717, 1.165) is 0 Å². The van der Waals surface area contributed by atoms with E-state index in [-0.39, 0.29) is 11.4 Å². The first kappa shape index (κ1) is 20.1. The minimum absolute atomic E-state index is 0.185. The first-order valence-corrected chi connectivity index (χ1v) is 9.74. The molecule has 7 nitrogen and oxygen atoms in total. The molecule has 0 saturated heterocycles. The Morgan fingerprint density at radius 2 is 1.69 bits per heavy atom. The molecule has 1 aliphatic heterocycles. The molecule has 0 unspecified atom stereocenters. The molecular weight excluding hydrogens is 356 g/mol. The minimum Gasteiger partial charge on any atom is -0.493 e. The smallest absolute Gasteiger partial charge is 0.270 e. The monoisotopic (exact) mass is 382 g/mol. The Balaban J connectivity index is 2.79. The van der Waals surface area contributed by atoms with Crippen molar-refractivity contribution in [3.05, 3.63) is 22.6 Å². The molecule has 26 heavy (non-hydrogen) atoms. The summed E-state index contributed by atoms with van der Waals surface area (Å²) in [6.07, 6.45) is 0. The van der Waals surface area contributed by atoms with Crippen LogP contribution in [0, 0.1) is 0 Å². The van der Waals surface area contributed by atoms with E-state index in [2.05, 4.69) is 5.32 Å². The standard InChI is InChI=1S/C18H26N2O5S/c1-8-20-13-10-15(25-7)14(24-6)9-12(13)11(2)16(26(20,22)23)17(21)19-18(3,4)5/h9-10H,8H2,1-7H3,(H,19,21). The van der Waals surface area contributed by atoms with E-state index in [4.69, 9.17) is 9.47 Å². The average molecular weight is 382 g/mol. The summed E-state index contributed by atoms with van der Waals surface area (Å²) in [6, 6.07) is 3.32. The molecule has 0 aromatic heterocycles. The van der Waals surface area contributed by atoms with Crippen LogP contribution in [-0.4, -0.2) is 40.6 Å². The predicted molar refractivity (Wildman–Crippen MR) is 102 cm³/mol. The summed E-state index contributed by atoms with van der Waals surface area (Å²) >= 11 is 0. The molecule has 2 rings (SSSR count). The largest absolute Gasteiger partial charge is 0.493 e. The Bertz CT molecular complexity index is 866. The van der Waals surface area contributed by atoms with Crippen molar-refractivity contribution in [3.63, 3.8) is 0 Å². The fraction of sp³-hybridized carbons (Fsp3) is 0.500. The van der Waals surface area contributed by atoms with Gasteiger partial charge in [-0.2, -0.15) is 0 Å². The summed E-state index contributed by atoms with van der Waals surface area (Å²) in [5.41, 5.74) is 0.912. The molecule has 0 radical (unpaired) electrons. The number of carbonyl (C=O) groups is 1. The summed E-state index contributed by atoms with van der Waals surface area (Å²) < 4.78 is 38.1. The van der Waals surface area contributed by atoms with E-state index >= 15 is 0 Å². The molecule has 0 spiro atoms. The van der Waals surface area contributed by atoms with Gasteiger partial charge in [-0.05, 0) is 46.3 Å². The number of amides is 1. The number of anilines is 1. The van der Waals surface area contributed by atoms with Gasteiger partial charge in [-0.15, -0.1) is 0 Å². The number of carbonyl (C=O) groups excluding carboxylic acids is 1. The van der Waals surface area contributed by atoms with Crippen LogP contribution in [0.15, 0.2) is 17.0 Å². The highest BCUT2D eigenvalue weighted by atomic mass is 32.2. The molecule has 0 fully saturated rings. The normalized spacial score (nSPS) is 16.2. The van der Waals surface area contributed by atoms with Crippen molar-refractivity contribution in [1.82, 2.24) is 5.32 Å². The van der Waals surface area contributed by atoms with Crippen LogP contribution in [0.4, 0.5) is 5.69 Å². The number of hydrogen-bond donors (Lipinski definition) is 1. The van der Waals surface area contributed by atoms with Crippen LogP contribution in [0.1, 0.15) is 40.2 Å². The van der Waals surface area contributed by atoms with E-state index in [1.165, 1.54) is 18.5 Å². The van der Waals surface area contributed by atoms with Crippen molar-refractivity contribution in [1.29, 1.82) is 0 Å². The lowest BCUT2D eigenvalue weighted by Gasteiger charge is -2.33. The molecule has 1 aromatic carbocycles. The van der Waals surface area contributed by atoms with Crippen LogP contribution in [0.3, 0.4) is 0 Å². The number of hydrogen-bond acceptors (Lipinski definition) is 5. The molecule has 0 saturated carbocycles. The molecule has 0 atom stereocenters. The van der Waals surface area contributed by atoms with Gasteiger partial charge < -0.3 is 14.8 Å². The Morgan fingerprint density at radius 1 is 1.15 bits per heavy atom. The molecule has 144 valence electrons. The van der Waals surface area contributed by atoms with Gasteiger partial charge in [-0.1, -0.05) is 0 Å². The van der Waals surface area contributed by atoms with Gasteiger partial charge in [0.05, 0.1) is 19.9 Å². The van der Waals surface area contributed by atoms with Gasteiger partial charge in [-0.3, -0.25) is 9.10 Å². The van der Waals surface area contributed by atoms with E-state index in [9.17, 15) is 13.2 Å². The Morgan fingerprint density at radius 3 is 2.15 bits per heavy atom. The number of rotatable bonds is 4. The molecule has 8 heteroatoms. The number of ether oxygens (including phenoxy) is 2. The first-order valence-electron chi connectivity index (χ1n) is 8.30. The summed E-state index contributed by atoms with van der Waals surface area (Å²) in [7, 11) is -0.992. The third kappa shape index (κ3) is 3.38. The highest BCUT2D eigenvalue weighted by Crippen LogP contribution is 2.44. The second kappa shape index (κ2) is 6.83. The second-order valence-corrected chi connectivity index (χ2v) is 8.85. The van der Waals surface area contributed by atoms with Crippen molar-refractivity contribution in [2.24, 2.45) is 0 Å². The average Bonchev–Trinajstić information content (AvgIpc) is 2.51. The molecule has 1 aliphatic rings. The zero-order valence-corrected chi connectivity index (χ0v) is 17.1. The van der Waals surface area contributed by atoms with Gasteiger partial charge in [-0.25, -0.2) is 8.42 Å². The van der Waals surface area contributed by atoms with E-state index in [1.807, 2.05) is 0 Å². The van der Waals surface area contributed by atoms with Crippen molar-refractivity contribution in [2.75, 3.05) is 25.1 Å². The van der Waals surface area contributed by atoms with Crippen LogP contribution in [0.2, 0.25) is 0 Å². The zero-order valence-electron chi connectivity index (χ0n) is 16.3. The molecule has 0 aliphatic carbocycles. The lowest BCUT2D eigenvalue weighted by molar-refractivity contribution is -0.118. The highest BCUT2D eigenvalue weighted by Gasteiger charge is 2.40. The van der Waals surface area contributed by atoms with Crippen LogP contribution >= 0.6 is 0 Å². The summed E-state index contributed by atoms with van der Waals surface area (Å²) in [6.45, 7) is 8.94. The lowest BCUT2D eigenvalue weighted by atomic mass is 10.0. The number of nitrogens with one attached hydrogen (secondary N) is 1. The van der Waals surface area contributed by atoms with Crippen LogP contribution < -0.4 is 19.1 Å². The van der Waals surface area contributed by atoms with Crippen LogP contribution in [0.5, 0.6) is 11.5 Å². The Hall–Kier alpha value is -2.22. The number of fused-ring (bicyclic) bond motifs is 1. The molecule has 1 amide bonds. The van der Waals surface area contributed by atoms with Gasteiger partial charge in [0.2, 0.25) is 0 Å². The number of methoxy groups -OCH3 is 2. The van der Waals surface area contributed by atoms with Gasteiger partial charge in [0.1, 0.15) is 0 Å². The van der Waals surface area contributed by atoms with Gasteiger partial charge in [0.15, 0.2) is 16.4 Å². The van der Waals surface area contributed by atoms with E-state index in [0.29, 0.717) is 28.3 Å². The maximum atomic E-state index is 13.1. The van der Waals surface area contributed by atoms with Crippen molar-refractivity contribution < 1.29 is 22.7 Å². The minimum atomic E-state index is -3.99. The maximum absolute atomic E-state index is 13.1. The fourth-order valence-corrected chi connectivity index (χ4v) is 4.71. The number of sulfonamides is 1. The van der Waals surface area contributed by atoms with Gasteiger partial charge in [0, 0.05) is 23.7 Å². The fourth-order valence-electron chi connectivity index (χ4n) is 2.96. The molecule has 1 heterocycles. The third-order valence-electron chi connectivity index (χ3n) is 4.05. The number of benzene rings is 1. The van der Waals surface area contributed by atoms with Crippen LogP contribution in [0.25, 0.3) is 5.57 Å². The second-order valence-electron chi connectivity index (χ2n) is 7.05. The van der Waals surface area contributed by atoms with Gasteiger partial charge >= 0.3 is 0 Å². The van der Waals surface area contributed by atoms with Crippen molar-refractivity contribution in [2.45, 2.75) is 40.2 Å². The maximum Gasteiger partial charge on any atom is 0.270 e. The summed E-state index contributed by atoms with van der Waals surface area (Å²) in [4.78, 5) is 12.5.